The number of benzene rings is 2. The van der Waals surface area contributed by atoms with Crippen LogP contribution in [0.1, 0.15) is 30.9 Å². The maximum atomic E-state index is 11.9. The Labute approximate surface area is 133 Å². The van der Waals surface area contributed by atoms with E-state index in [1.54, 1.807) is 0 Å². The van der Waals surface area contributed by atoms with Crippen LogP contribution >= 0.6 is 15.9 Å². The fraction of sp³-hybridized carbons (Fsp3) is 0.235. The fourth-order valence-corrected chi connectivity index (χ4v) is 2.37. The van der Waals surface area contributed by atoms with Crippen molar-refractivity contribution in [2.45, 2.75) is 26.4 Å². The molecule has 0 radical (unpaired) electrons. The number of hydrogen-bond donors (Lipinski definition) is 1. The van der Waals surface area contributed by atoms with E-state index in [9.17, 15) is 4.79 Å². The molecule has 2 aromatic rings. The molecule has 0 fully saturated rings. The van der Waals surface area contributed by atoms with Crippen molar-refractivity contribution in [1.82, 2.24) is 0 Å². The van der Waals surface area contributed by atoms with Gasteiger partial charge in [-0.2, -0.15) is 0 Å². The highest BCUT2D eigenvalue weighted by Crippen LogP contribution is 2.27. The van der Waals surface area contributed by atoms with Gasteiger partial charge in [0.1, 0.15) is 6.61 Å². The van der Waals surface area contributed by atoms with Gasteiger partial charge >= 0.3 is 6.09 Å². The maximum Gasteiger partial charge on any atom is 0.411 e. The van der Waals surface area contributed by atoms with Crippen molar-refractivity contribution >= 4 is 27.7 Å². The average molecular weight is 348 g/mol. The summed E-state index contributed by atoms with van der Waals surface area (Å²) in [6, 6.07) is 15.4. The van der Waals surface area contributed by atoms with Crippen molar-refractivity contribution in [1.29, 1.82) is 0 Å². The highest BCUT2D eigenvalue weighted by Gasteiger charge is 2.11. The lowest BCUT2D eigenvalue weighted by Crippen LogP contribution is -2.15. The van der Waals surface area contributed by atoms with E-state index in [2.05, 4.69) is 35.1 Å². The van der Waals surface area contributed by atoms with E-state index in [1.165, 1.54) is 0 Å². The van der Waals surface area contributed by atoms with Crippen LogP contribution in [0.3, 0.4) is 0 Å². The summed E-state index contributed by atoms with van der Waals surface area (Å²) in [5.41, 5.74) is 2.82. The van der Waals surface area contributed by atoms with Gasteiger partial charge < -0.3 is 4.74 Å². The molecule has 0 heterocycles. The first-order valence-corrected chi connectivity index (χ1v) is 7.62. The summed E-state index contributed by atoms with van der Waals surface area (Å²) in [5, 5.41) is 2.81. The Morgan fingerprint density at radius 3 is 2.57 bits per heavy atom. The van der Waals surface area contributed by atoms with Crippen LogP contribution in [0, 0.1) is 0 Å². The predicted octanol–water partition coefficient (Wildman–Crippen LogP) is 5.32. The minimum Gasteiger partial charge on any atom is -0.444 e. The minimum atomic E-state index is -0.442. The number of nitrogens with one attached hydrogen (secondary N) is 1. The Morgan fingerprint density at radius 1 is 1.19 bits per heavy atom. The van der Waals surface area contributed by atoms with Crippen molar-refractivity contribution in [3.05, 3.63) is 64.1 Å². The molecule has 4 heteroatoms. The number of ether oxygens (including phenoxy) is 1. The van der Waals surface area contributed by atoms with Crippen molar-refractivity contribution < 1.29 is 9.53 Å². The molecule has 21 heavy (non-hydrogen) atoms. The van der Waals surface area contributed by atoms with Gasteiger partial charge in [-0.1, -0.05) is 60.1 Å². The number of amides is 1. The minimum absolute atomic E-state index is 0.264. The standard InChI is InChI=1S/C17H18BrNO2/c1-12(2)15-10-14(18)8-9-16(15)19-17(20)21-11-13-6-4-3-5-7-13/h3-10,12H,11H2,1-2H3,(H,19,20). The Balaban J connectivity index is 2.00. The van der Waals surface area contributed by atoms with E-state index in [4.69, 9.17) is 4.74 Å². The molecule has 0 atom stereocenters. The molecule has 2 rings (SSSR count). The molecule has 0 saturated carbocycles. The maximum absolute atomic E-state index is 11.9. The molecule has 0 aromatic heterocycles. The topological polar surface area (TPSA) is 38.3 Å². The van der Waals surface area contributed by atoms with Gasteiger partial charge in [-0.25, -0.2) is 4.79 Å². The Hall–Kier alpha value is -1.81. The zero-order valence-corrected chi connectivity index (χ0v) is 13.7. The van der Waals surface area contributed by atoms with Crippen LogP contribution in [0.4, 0.5) is 10.5 Å². The molecule has 0 saturated heterocycles. The van der Waals surface area contributed by atoms with E-state index in [0.717, 1.165) is 21.3 Å². The highest BCUT2D eigenvalue weighted by molar-refractivity contribution is 9.10. The summed E-state index contributed by atoms with van der Waals surface area (Å²) in [7, 11) is 0. The summed E-state index contributed by atoms with van der Waals surface area (Å²) in [6.45, 7) is 4.44. The van der Waals surface area contributed by atoms with Gasteiger partial charge in [-0.05, 0) is 35.2 Å². The first-order valence-electron chi connectivity index (χ1n) is 6.83. The number of halogens is 1. The lowest BCUT2D eigenvalue weighted by molar-refractivity contribution is 0.155. The molecule has 2 aromatic carbocycles. The molecule has 1 N–H and O–H groups in total. The van der Waals surface area contributed by atoms with E-state index in [0.29, 0.717) is 5.92 Å². The Kier molecular flexibility index (Phi) is 5.39. The number of carbonyl (C=O) groups excluding carboxylic acids is 1. The Morgan fingerprint density at radius 2 is 1.90 bits per heavy atom. The lowest BCUT2D eigenvalue weighted by atomic mass is 10.0. The molecular formula is C17H18BrNO2. The SMILES string of the molecule is CC(C)c1cc(Br)ccc1NC(=O)OCc1ccccc1. The molecular weight excluding hydrogens is 330 g/mol. The second kappa shape index (κ2) is 7.27. The van der Waals surface area contributed by atoms with E-state index < -0.39 is 6.09 Å². The second-order valence-corrected chi connectivity index (χ2v) is 5.99. The predicted molar refractivity (Wildman–Crippen MR) is 88.5 cm³/mol. The van der Waals surface area contributed by atoms with Gasteiger partial charge in [0.2, 0.25) is 0 Å². The van der Waals surface area contributed by atoms with Gasteiger partial charge in [0.05, 0.1) is 0 Å². The summed E-state index contributed by atoms with van der Waals surface area (Å²) < 4.78 is 6.23. The smallest absolute Gasteiger partial charge is 0.411 e. The van der Waals surface area contributed by atoms with E-state index in [-0.39, 0.29) is 6.61 Å². The van der Waals surface area contributed by atoms with Crippen LogP contribution in [-0.4, -0.2) is 6.09 Å². The lowest BCUT2D eigenvalue weighted by Gasteiger charge is -2.14. The van der Waals surface area contributed by atoms with E-state index in [1.807, 2.05) is 48.5 Å². The number of hydrogen-bond acceptors (Lipinski definition) is 2. The molecule has 0 aliphatic carbocycles. The normalized spacial score (nSPS) is 10.5. The molecule has 0 aliphatic rings. The average Bonchev–Trinajstić information content (AvgIpc) is 2.48. The van der Waals surface area contributed by atoms with Crippen LogP contribution < -0.4 is 5.32 Å². The summed E-state index contributed by atoms with van der Waals surface area (Å²) in [4.78, 5) is 11.9. The van der Waals surface area contributed by atoms with Crippen LogP contribution in [-0.2, 0) is 11.3 Å². The summed E-state index contributed by atoms with van der Waals surface area (Å²) in [5.74, 6) is 0.312. The monoisotopic (exact) mass is 347 g/mol. The third kappa shape index (κ3) is 4.60. The van der Waals surface area contributed by atoms with E-state index >= 15 is 0 Å². The van der Waals surface area contributed by atoms with Crippen LogP contribution in [0.25, 0.3) is 0 Å². The molecule has 0 bridgehead atoms. The summed E-state index contributed by atoms with van der Waals surface area (Å²) >= 11 is 3.45. The zero-order chi connectivity index (χ0) is 15.2. The molecule has 0 aliphatic heterocycles. The first-order chi connectivity index (χ1) is 10.1. The van der Waals surface area contributed by atoms with Crippen molar-refractivity contribution in [2.24, 2.45) is 0 Å². The molecule has 110 valence electrons. The molecule has 1 amide bonds. The largest absolute Gasteiger partial charge is 0.444 e. The summed E-state index contributed by atoms with van der Waals surface area (Å²) in [6.07, 6.45) is -0.442. The van der Waals surface area contributed by atoms with Crippen molar-refractivity contribution in [3.8, 4) is 0 Å². The molecule has 0 spiro atoms. The third-order valence-corrected chi connectivity index (χ3v) is 3.58. The Bertz CT molecular complexity index is 611. The molecule has 0 unspecified atom stereocenters. The van der Waals surface area contributed by atoms with Crippen molar-refractivity contribution in [3.63, 3.8) is 0 Å². The number of carbonyl (C=O) groups is 1. The van der Waals surface area contributed by atoms with Gasteiger partial charge in [-0.3, -0.25) is 5.32 Å². The molecule has 3 nitrogen and oxygen atoms in total. The van der Waals surface area contributed by atoms with Gasteiger partial charge in [0.15, 0.2) is 0 Å². The fourth-order valence-electron chi connectivity index (χ4n) is 1.99. The second-order valence-electron chi connectivity index (χ2n) is 5.07. The van der Waals surface area contributed by atoms with Gasteiger partial charge in [0.25, 0.3) is 0 Å². The quantitative estimate of drug-likeness (QED) is 0.812. The highest BCUT2D eigenvalue weighted by atomic mass is 79.9. The first kappa shape index (κ1) is 15.6. The van der Waals surface area contributed by atoms with Gasteiger partial charge in [-0.15, -0.1) is 0 Å². The zero-order valence-electron chi connectivity index (χ0n) is 12.1. The number of anilines is 1. The van der Waals surface area contributed by atoms with Gasteiger partial charge in [0, 0.05) is 10.2 Å². The van der Waals surface area contributed by atoms with Crippen LogP contribution in [0.15, 0.2) is 53.0 Å². The number of rotatable bonds is 4. The van der Waals surface area contributed by atoms with Crippen LogP contribution in [0.5, 0.6) is 0 Å². The van der Waals surface area contributed by atoms with Crippen molar-refractivity contribution in [2.75, 3.05) is 5.32 Å². The third-order valence-electron chi connectivity index (χ3n) is 3.09. The van der Waals surface area contributed by atoms with Crippen LogP contribution in [0.2, 0.25) is 0 Å².